The highest BCUT2D eigenvalue weighted by atomic mass is 28.4. The van der Waals surface area contributed by atoms with Gasteiger partial charge in [0.15, 0.2) is 22.4 Å². The number of rotatable bonds is 7. The first-order chi connectivity index (χ1) is 9.99. The lowest BCUT2D eigenvalue weighted by molar-refractivity contribution is -0.116. The third kappa shape index (κ3) is 7.46. The monoisotopic (exact) mass is 358 g/mol. The Kier molecular flexibility index (Phi) is 7.68. The highest BCUT2D eigenvalue weighted by Crippen LogP contribution is 2.37. The second kappa shape index (κ2) is 7.76. The molecule has 0 spiro atoms. The number of hydrogen-bond acceptors (Lipinski definition) is 3. The zero-order valence-electron chi connectivity index (χ0n) is 17.2. The number of carbonyl (C=O) groups is 1. The van der Waals surface area contributed by atoms with Gasteiger partial charge in [-0.25, -0.2) is 0 Å². The Morgan fingerprint density at radius 3 is 1.78 bits per heavy atom. The van der Waals surface area contributed by atoms with Crippen molar-refractivity contribution in [3.05, 3.63) is 12.2 Å². The number of hydrogen-bond donors (Lipinski definition) is 0. The van der Waals surface area contributed by atoms with Gasteiger partial charge >= 0.3 is 0 Å². The van der Waals surface area contributed by atoms with E-state index in [0.717, 1.165) is 0 Å². The maximum atomic E-state index is 12.0. The predicted octanol–water partition coefficient (Wildman–Crippen LogP) is 5.54. The Balaban J connectivity index is 4.55. The van der Waals surface area contributed by atoms with Gasteiger partial charge in [0.25, 0.3) is 0 Å². The van der Waals surface area contributed by atoms with Gasteiger partial charge in [-0.1, -0.05) is 47.6 Å². The summed E-state index contributed by atoms with van der Waals surface area (Å²) in [5, 5.41) is 0.292. The van der Waals surface area contributed by atoms with Crippen LogP contribution in [0.2, 0.25) is 36.3 Å². The fraction of sp³-hybridized carbons (Fsp3) is 0.833. The van der Waals surface area contributed by atoms with Gasteiger partial charge < -0.3 is 8.85 Å². The minimum Gasteiger partial charge on any atom is -0.411 e. The van der Waals surface area contributed by atoms with Gasteiger partial charge in [-0.2, -0.15) is 0 Å². The van der Waals surface area contributed by atoms with E-state index in [4.69, 9.17) is 8.85 Å². The molecule has 0 amide bonds. The summed E-state index contributed by atoms with van der Waals surface area (Å²) in [5.41, 5.74) is 0. The van der Waals surface area contributed by atoms with Crippen molar-refractivity contribution in [1.82, 2.24) is 0 Å². The van der Waals surface area contributed by atoms with E-state index in [1.165, 1.54) is 0 Å². The third-order valence-electron chi connectivity index (χ3n) is 5.22. The topological polar surface area (TPSA) is 35.5 Å². The molecule has 0 unspecified atom stereocenters. The van der Waals surface area contributed by atoms with E-state index in [-0.39, 0.29) is 28.6 Å². The maximum absolute atomic E-state index is 12.0. The molecule has 0 aromatic heterocycles. The van der Waals surface area contributed by atoms with Gasteiger partial charge in [0.2, 0.25) is 0 Å². The first kappa shape index (κ1) is 22.8. The minimum absolute atomic E-state index is 0.0144. The van der Waals surface area contributed by atoms with Crippen LogP contribution in [0.4, 0.5) is 0 Å². The molecule has 0 N–H and O–H groups in total. The predicted molar refractivity (Wildman–Crippen MR) is 105 cm³/mol. The zero-order valence-corrected chi connectivity index (χ0v) is 19.2. The molecule has 1 atom stereocenters. The van der Waals surface area contributed by atoms with Crippen LogP contribution in [0, 0.1) is 0 Å². The molecule has 5 heteroatoms. The Bertz CT molecular complexity index is 427. The lowest BCUT2D eigenvalue weighted by Crippen LogP contribution is -2.43. The summed E-state index contributed by atoms with van der Waals surface area (Å²) in [6.07, 6.45) is 3.43. The van der Waals surface area contributed by atoms with E-state index >= 15 is 0 Å². The molecule has 0 bridgehead atoms. The molecule has 0 saturated carbocycles. The van der Waals surface area contributed by atoms with Crippen LogP contribution in [0.15, 0.2) is 12.2 Å². The third-order valence-corrected chi connectivity index (χ3v) is 14.3. The van der Waals surface area contributed by atoms with Crippen molar-refractivity contribution < 1.29 is 13.6 Å². The zero-order chi connectivity index (χ0) is 18.7. The van der Waals surface area contributed by atoms with Gasteiger partial charge in [-0.05, 0) is 49.3 Å². The van der Waals surface area contributed by atoms with Crippen LogP contribution in [0.5, 0.6) is 0 Å². The molecule has 0 radical (unpaired) electrons. The van der Waals surface area contributed by atoms with E-state index in [1.807, 2.05) is 13.0 Å². The van der Waals surface area contributed by atoms with Crippen LogP contribution in [-0.4, -0.2) is 35.1 Å². The van der Waals surface area contributed by atoms with E-state index < -0.39 is 16.6 Å². The molecule has 0 aromatic rings. The molecule has 0 aliphatic carbocycles. The van der Waals surface area contributed by atoms with Crippen LogP contribution in [-0.2, 0) is 13.6 Å². The first-order valence-electron chi connectivity index (χ1n) is 8.52. The van der Waals surface area contributed by atoms with Crippen molar-refractivity contribution in [2.45, 2.75) is 90.8 Å². The molecule has 0 heterocycles. The standard InChI is InChI=1S/C18H38O3Si2/c1-15(21-23(10,11)18(5,6)7)12-13-16(19)14-20-22(8,9)17(2,3)4/h12-13,15H,14H2,1-11H3/b13-12-/t15-/m0/s1. The second-order valence-electron chi connectivity index (χ2n) is 9.46. The second-order valence-corrected chi connectivity index (χ2v) is 19.0. The van der Waals surface area contributed by atoms with Crippen molar-refractivity contribution in [3.8, 4) is 0 Å². The summed E-state index contributed by atoms with van der Waals surface area (Å²) >= 11 is 0. The molecule has 0 fully saturated rings. The van der Waals surface area contributed by atoms with Gasteiger partial charge in [-0.3, -0.25) is 4.79 Å². The molecule has 0 rings (SSSR count). The van der Waals surface area contributed by atoms with Crippen LogP contribution in [0.1, 0.15) is 48.5 Å². The molecule has 0 aliphatic rings. The van der Waals surface area contributed by atoms with Crippen LogP contribution in [0.3, 0.4) is 0 Å². The number of ketones is 1. The van der Waals surface area contributed by atoms with Gasteiger partial charge in [0, 0.05) is 0 Å². The molecule has 0 aliphatic heterocycles. The lowest BCUT2D eigenvalue weighted by atomic mass is 10.2. The van der Waals surface area contributed by atoms with Crippen molar-refractivity contribution in [2.24, 2.45) is 0 Å². The Morgan fingerprint density at radius 1 is 0.957 bits per heavy atom. The lowest BCUT2D eigenvalue weighted by Gasteiger charge is -2.37. The highest BCUT2D eigenvalue weighted by molar-refractivity contribution is 6.74. The highest BCUT2D eigenvalue weighted by Gasteiger charge is 2.38. The van der Waals surface area contributed by atoms with E-state index in [1.54, 1.807) is 6.08 Å². The van der Waals surface area contributed by atoms with Crippen molar-refractivity contribution >= 4 is 22.4 Å². The Labute approximate surface area is 146 Å². The molecule has 0 saturated heterocycles. The van der Waals surface area contributed by atoms with E-state index in [2.05, 4.69) is 67.7 Å². The molecule has 0 aromatic carbocycles. The van der Waals surface area contributed by atoms with E-state index in [0.29, 0.717) is 0 Å². The molecular weight excluding hydrogens is 320 g/mol. The van der Waals surface area contributed by atoms with Crippen LogP contribution in [0.25, 0.3) is 0 Å². The van der Waals surface area contributed by atoms with Gasteiger partial charge in [-0.15, -0.1) is 0 Å². The number of carbonyl (C=O) groups excluding carboxylic acids is 1. The Morgan fingerprint density at radius 2 is 1.39 bits per heavy atom. The summed E-state index contributed by atoms with van der Waals surface area (Å²) in [4.78, 5) is 12.0. The largest absolute Gasteiger partial charge is 0.411 e. The quantitative estimate of drug-likeness (QED) is 0.442. The molecular formula is C18H38O3Si2. The minimum atomic E-state index is -1.87. The smallest absolute Gasteiger partial charge is 0.192 e. The fourth-order valence-corrected chi connectivity index (χ4v) is 3.74. The molecule has 136 valence electrons. The molecule has 3 nitrogen and oxygen atoms in total. The Hall–Kier alpha value is -0.236. The average Bonchev–Trinajstić information content (AvgIpc) is 2.30. The van der Waals surface area contributed by atoms with Gasteiger partial charge in [0.1, 0.15) is 0 Å². The summed E-state index contributed by atoms with van der Waals surface area (Å²) < 4.78 is 12.2. The summed E-state index contributed by atoms with van der Waals surface area (Å²) in [6, 6.07) is 0. The van der Waals surface area contributed by atoms with Crippen molar-refractivity contribution in [3.63, 3.8) is 0 Å². The van der Waals surface area contributed by atoms with E-state index in [9.17, 15) is 4.79 Å². The average molecular weight is 359 g/mol. The molecule has 23 heavy (non-hydrogen) atoms. The fourth-order valence-electron chi connectivity index (χ4n) is 1.44. The first-order valence-corrected chi connectivity index (χ1v) is 14.3. The summed E-state index contributed by atoms with van der Waals surface area (Å²) in [7, 11) is -3.67. The van der Waals surface area contributed by atoms with Crippen molar-refractivity contribution in [2.75, 3.05) is 6.61 Å². The van der Waals surface area contributed by atoms with Crippen LogP contribution >= 0.6 is 0 Å². The summed E-state index contributed by atoms with van der Waals surface area (Å²) in [6.45, 7) is 24.1. The SMILES string of the molecule is C[C@@H](/C=C\C(=O)CO[Si](C)(C)C(C)(C)C)O[Si](C)(C)C(C)(C)C. The summed E-state index contributed by atoms with van der Waals surface area (Å²) in [5.74, 6) is 0.0144. The maximum Gasteiger partial charge on any atom is 0.192 e. The van der Waals surface area contributed by atoms with Crippen molar-refractivity contribution in [1.29, 1.82) is 0 Å². The van der Waals surface area contributed by atoms with Crippen LogP contribution < -0.4 is 0 Å². The van der Waals surface area contributed by atoms with Gasteiger partial charge in [0.05, 0.1) is 12.7 Å². The normalized spacial score (nSPS) is 16.0.